The van der Waals surface area contributed by atoms with Crippen molar-refractivity contribution >= 4 is 5.78 Å². The number of aliphatic hydroxyl groups is 1. The zero-order chi connectivity index (χ0) is 21.0. The second kappa shape index (κ2) is 7.66. The molecular weight excluding hydrogens is 356 g/mol. The van der Waals surface area contributed by atoms with E-state index in [4.69, 9.17) is 0 Å². The first-order chi connectivity index (χ1) is 13.7. The predicted molar refractivity (Wildman–Crippen MR) is 119 cm³/mol. The molecule has 0 amide bonds. The van der Waals surface area contributed by atoms with E-state index in [2.05, 4.69) is 46.8 Å². The molecule has 0 aromatic carbocycles. The quantitative estimate of drug-likeness (QED) is 0.550. The third-order valence-corrected chi connectivity index (χ3v) is 9.87. The zero-order valence-electron chi connectivity index (χ0n) is 19.3. The van der Waals surface area contributed by atoms with Crippen molar-refractivity contribution in [3.63, 3.8) is 0 Å². The van der Waals surface area contributed by atoms with Crippen molar-refractivity contribution < 1.29 is 9.90 Å². The van der Waals surface area contributed by atoms with Gasteiger partial charge in [0.1, 0.15) is 5.78 Å². The Balaban J connectivity index is 1.57. The van der Waals surface area contributed by atoms with E-state index in [9.17, 15) is 9.90 Å². The van der Waals surface area contributed by atoms with Crippen LogP contribution in [-0.4, -0.2) is 17.0 Å². The molecule has 162 valence electrons. The fourth-order valence-electron chi connectivity index (χ4n) is 8.13. The van der Waals surface area contributed by atoms with Gasteiger partial charge in [-0.05, 0) is 100 Å². The van der Waals surface area contributed by atoms with Crippen molar-refractivity contribution in [2.75, 3.05) is 0 Å². The monoisotopic (exact) mass is 398 g/mol. The van der Waals surface area contributed by atoms with Gasteiger partial charge in [-0.3, -0.25) is 4.79 Å². The Morgan fingerprint density at radius 3 is 2.69 bits per heavy atom. The van der Waals surface area contributed by atoms with Crippen LogP contribution in [0.2, 0.25) is 0 Å². The Hall–Kier alpha value is -0.890. The lowest BCUT2D eigenvalue weighted by Gasteiger charge is -2.57. The standard InChI is InChI=1S/C27H42O2/c1-17(2)7-6-8-18(3)22-11-12-23-21-10-9-19-15-20(28)13-14-26(19,4)24(21)16-25(29)27(22,23)5/h7,9,18,20-24,28H,6,8,10-16H2,1-5H3/t18-,20-,21+,22-,23+,24+,26+,27-/m1/s1. The van der Waals surface area contributed by atoms with Gasteiger partial charge in [-0.2, -0.15) is 0 Å². The van der Waals surface area contributed by atoms with Gasteiger partial charge in [0, 0.05) is 11.8 Å². The summed E-state index contributed by atoms with van der Waals surface area (Å²) < 4.78 is 0. The number of Topliss-reactive ketones (excluding diaryl/α,β-unsaturated/α-hetero) is 1. The number of ketones is 1. The highest BCUT2D eigenvalue weighted by Gasteiger charge is 2.62. The van der Waals surface area contributed by atoms with Crippen LogP contribution in [0.3, 0.4) is 0 Å². The SMILES string of the molecule is CC(C)=CCC[C@@H](C)[C@H]1CC[C@H]2[C@@H]3CC=C4C[C@H](O)CC[C@]4(C)[C@H]3CC(=O)[C@]12C. The molecule has 4 aliphatic carbocycles. The van der Waals surface area contributed by atoms with Gasteiger partial charge >= 0.3 is 0 Å². The normalized spacial score (nSPS) is 45.0. The summed E-state index contributed by atoms with van der Waals surface area (Å²) in [6, 6.07) is 0. The minimum absolute atomic E-state index is 0.110. The maximum atomic E-state index is 13.7. The molecule has 0 aromatic rings. The van der Waals surface area contributed by atoms with E-state index in [0.29, 0.717) is 35.4 Å². The molecule has 4 rings (SSSR count). The molecular formula is C27H42O2. The minimum Gasteiger partial charge on any atom is -0.393 e. The molecule has 0 bridgehead atoms. The first-order valence-electron chi connectivity index (χ1n) is 12.2. The van der Waals surface area contributed by atoms with E-state index in [1.807, 2.05) is 0 Å². The van der Waals surface area contributed by atoms with Gasteiger partial charge in [0.2, 0.25) is 0 Å². The van der Waals surface area contributed by atoms with Crippen molar-refractivity contribution in [2.45, 2.75) is 98.5 Å². The largest absolute Gasteiger partial charge is 0.393 e. The molecule has 3 saturated carbocycles. The van der Waals surface area contributed by atoms with Crippen molar-refractivity contribution in [1.29, 1.82) is 0 Å². The summed E-state index contributed by atoms with van der Waals surface area (Å²) in [7, 11) is 0. The Kier molecular flexibility index (Phi) is 5.64. The van der Waals surface area contributed by atoms with E-state index >= 15 is 0 Å². The molecule has 0 aliphatic heterocycles. The van der Waals surface area contributed by atoms with Gasteiger partial charge in [0.15, 0.2) is 0 Å². The van der Waals surface area contributed by atoms with Crippen LogP contribution in [0.4, 0.5) is 0 Å². The van der Waals surface area contributed by atoms with Gasteiger partial charge < -0.3 is 5.11 Å². The highest BCUT2D eigenvalue weighted by molar-refractivity contribution is 5.87. The molecule has 2 heteroatoms. The predicted octanol–water partition coefficient (Wildman–Crippen LogP) is 6.49. The van der Waals surface area contributed by atoms with Crippen LogP contribution >= 0.6 is 0 Å². The Bertz CT molecular complexity index is 714. The van der Waals surface area contributed by atoms with Crippen LogP contribution < -0.4 is 0 Å². The lowest BCUT2D eigenvalue weighted by Crippen LogP contribution is -2.55. The molecule has 0 saturated heterocycles. The fraction of sp³-hybridized carbons (Fsp3) is 0.815. The summed E-state index contributed by atoms with van der Waals surface area (Å²) in [6.45, 7) is 11.5. The van der Waals surface area contributed by atoms with Crippen LogP contribution in [-0.2, 0) is 4.79 Å². The smallest absolute Gasteiger partial charge is 0.139 e. The summed E-state index contributed by atoms with van der Waals surface area (Å²) >= 11 is 0. The average Bonchev–Trinajstić information content (AvgIpc) is 3.02. The van der Waals surface area contributed by atoms with Crippen molar-refractivity contribution in [2.24, 2.45) is 40.4 Å². The molecule has 2 nitrogen and oxygen atoms in total. The van der Waals surface area contributed by atoms with Crippen molar-refractivity contribution in [3.05, 3.63) is 23.3 Å². The summed E-state index contributed by atoms with van der Waals surface area (Å²) in [5.74, 6) is 3.46. The van der Waals surface area contributed by atoms with Crippen LogP contribution in [0.25, 0.3) is 0 Å². The number of aliphatic hydroxyl groups excluding tert-OH is 1. The van der Waals surface area contributed by atoms with E-state index in [-0.39, 0.29) is 16.9 Å². The molecule has 8 atom stereocenters. The lowest BCUT2D eigenvalue weighted by molar-refractivity contribution is -0.147. The Morgan fingerprint density at radius 2 is 1.97 bits per heavy atom. The van der Waals surface area contributed by atoms with Crippen LogP contribution in [0.1, 0.15) is 92.4 Å². The maximum absolute atomic E-state index is 13.7. The van der Waals surface area contributed by atoms with Gasteiger partial charge in [0.05, 0.1) is 6.10 Å². The van der Waals surface area contributed by atoms with E-state index in [0.717, 1.165) is 38.5 Å². The molecule has 0 spiro atoms. The second-order valence-electron chi connectivity index (χ2n) is 11.6. The van der Waals surface area contributed by atoms with E-state index in [1.54, 1.807) is 0 Å². The minimum atomic E-state index is -0.173. The summed E-state index contributed by atoms with van der Waals surface area (Å²) in [6.07, 6.45) is 14.2. The number of rotatable bonds is 4. The van der Waals surface area contributed by atoms with E-state index in [1.165, 1.54) is 30.4 Å². The Labute approximate surface area is 178 Å². The first kappa shape index (κ1) is 21.3. The highest BCUT2D eigenvalue weighted by atomic mass is 16.3. The first-order valence-corrected chi connectivity index (χ1v) is 12.2. The molecule has 29 heavy (non-hydrogen) atoms. The zero-order valence-corrected chi connectivity index (χ0v) is 19.3. The van der Waals surface area contributed by atoms with Crippen molar-refractivity contribution in [3.8, 4) is 0 Å². The van der Waals surface area contributed by atoms with Gasteiger partial charge in [-0.25, -0.2) is 0 Å². The number of allylic oxidation sites excluding steroid dienone is 3. The van der Waals surface area contributed by atoms with Gasteiger partial charge in [-0.1, -0.05) is 44.1 Å². The molecule has 1 N–H and O–H groups in total. The second-order valence-corrected chi connectivity index (χ2v) is 11.6. The van der Waals surface area contributed by atoms with Gasteiger partial charge in [-0.15, -0.1) is 0 Å². The fourth-order valence-corrected chi connectivity index (χ4v) is 8.13. The van der Waals surface area contributed by atoms with Crippen LogP contribution in [0.15, 0.2) is 23.3 Å². The molecule has 0 aromatic heterocycles. The molecule has 3 fully saturated rings. The Morgan fingerprint density at radius 1 is 1.21 bits per heavy atom. The summed E-state index contributed by atoms with van der Waals surface area (Å²) in [5.41, 5.74) is 2.90. The summed E-state index contributed by atoms with van der Waals surface area (Å²) in [4.78, 5) is 13.7. The number of hydrogen-bond donors (Lipinski definition) is 1. The number of carbonyl (C=O) groups is 1. The topological polar surface area (TPSA) is 37.3 Å². The van der Waals surface area contributed by atoms with E-state index < -0.39 is 0 Å². The molecule has 0 radical (unpaired) electrons. The average molecular weight is 399 g/mol. The summed E-state index contributed by atoms with van der Waals surface area (Å²) in [5, 5.41) is 10.2. The van der Waals surface area contributed by atoms with Gasteiger partial charge in [0.25, 0.3) is 0 Å². The third-order valence-electron chi connectivity index (χ3n) is 9.87. The molecule has 0 heterocycles. The molecule has 4 aliphatic rings. The van der Waals surface area contributed by atoms with Crippen LogP contribution in [0, 0.1) is 40.4 Å². The molecule has 0 unspecified atom stereocenters. The maximum Gasteiger partial charge on any atom is 0.139 e. The van der Waals surface area contributed by atoms with Crippen LogP contribution in [0.5, 0.6) is 0 Å². The van der Waals surface area contributed by atoms with Crippen molar-refractivity contribution in [1.82, 2.24) is 0 Å². The number of carbonyl (C=O) groups excluding carboxylic acids is 1. The third kappa shape index (κ3) is 3.38. The highest BCUT2D eigenvalue weighted by Crippen LogP contribution is 2.66. The number of fused-ring (bicyclic) bond motifs is 5. The number of hydrogen-bond acceptors (Lipinski definition) is 2. The lowest BCUT2D eigenvalue weighted by atomic mass is 9.46.